The summed E-state index contributed by atoms with van der Waals surface area (Å²) in [7, 11) is 0. The lowest BCUT2D eigenvalue weighted by Crippen LogP contribution is -2.67. The molecule has 0 radical (unpaired) electrons. The van der Waals surface area contributed by atoms with E-state index in [9.17, 15) is 19.8 Å². The number of epoxide rings is 1. The minimum atomic E-state index is -0.756. The molecule has 0 aromatic carbocycles. The molecule has 1 saturated heterocycles. The van der Waals surface area contributed by atoms with Crippen LogP contribution in [0.2, 0.25) is 0 Å². The highest BCUT2D eigenvalue weighted by Crippen LogP contribution is 2.74. The summed E-state index contributed by atoms with van der Waals surface area (Å²) in [6.45, 7) is 8.49. The third kappa shape index (κ3) is 3.82. The Bertz CT molecular complexity index is 1260. The SMILES string of the molecule is CC1=C(CO)C(=O)O[C@@H]([C@@H](C)[C@H]2CC[C@H]3[C@@H]4C[C@H]5O[C@]56[C@@H](O)[C@@H](SCc5ccco5)CC(=O)[C@]6(C)[C@H]4CC[C@]23C)C1. The average Bonchev–Trinajstić information content (AvgIpc) is 3.25. The Morgan fingerprint density at radius 1 is 1.15 bits per heavy atom. The lowest BCUT2D eigenvalue weighted by atomic mass is 9.43. The van der Waals surface area contributed by atoms with Crippen LogP contribution in [0, 0.1) is 40.4 Å². The van der Waals surface area contributed by atoms with Crippen LogP contribution in [0.4, 0.5) is 0 Å². The standard InChI is InChI=1S/C33H44O7S/c1-17-12-25(39-30(37)21(17)15-34)18(2)22-7-8-23-20-13-28-33(40-28)29(36)26(41-16-19-6-5-11-38-19)14-27(35)32(33,4)24(20)9-10-31(22,23)3/h5-6,11,18,20,22-26,28-29,34,36H,7-10,12-16H2,1-4H3/t18-,20-,22+,23-,24-,25+,26-,28+,29-,31+,32-,33-/m0/s1. The van der Waals surface area contributed by atoms with Gasteiger partial charge in [-0.3, -0.25) is 4.79 Å². The molecule has 41 heavy (non-hydrogen) atoms. The van der Waals surface area contributed by atoms with E-state index in [0.29, 0.717) is 41.9 Å². The molecule has 0 bridgehead atoms. The van der Waals surface area contributed by atoms with E-state index in [2.05, 4.69) is 20.8 Å². The molecule has 0 amide bonds. The Morgan fingerprint density at radius 3 is 2.66 bits per heavy atom. The van der Waals surface area contributed by atoms with Crippen molar-refractivity contribution < 1.29 is 33.7 Å². The fraction of sp³-hybridized carbons (Fsp3) is 0.758. The number of ketones is 1. The monoisotopic (exact) mass is 584 g/mol. The third-order valence-electron chi connectivity index (χ3n) is 13.0. The van der Waals surface area contributed by atoms with Gasteiger partial charge in [0.25, 0.3) is 0 Å². The Balaban J connectivity index is 1.10. The molecule has 5 fully saturated rings. The molecule has 3 heterocycles. The Morgan fingerprint density at radius 2 is 1.95 bits per heavy atom. The van der Waals surface area contributed by atoms with Gasteiger partial charge in [0.15, 0.2) is 0 Å². The van der Waals surface area contributed by atoms with Crippen LogP contribution in [-0.4, -0.2) is 57.7 Å². The summed E-state index contributed by atoms with van der Waals surface area (Å²) in [6, 6.07) is 3.80. The molecule has 12 atom stereocenters. The van der Waals surface area contributed by atoms with E-state index in [1.165, 1.54) is 0 Å². The van der Waals surface area contributed by atoms with Crippen LogP contribution in [0.25, 0.3) is 0 Å². The molecule has 7 rings (SSSR count). The highest BCUT2D eigenvalue weighted by Gasteiger charge is 2.82. The topological polar surface area (TPSA) is 110 Å². The predicted molar refractivity (Wildman–Crippen MR) is 154 cm³/mol. The van der Waals surface area contributed by atoms with Crippen molar-refractivity contribution >= 4 is 23.5 Å². The van der Waals surface area contributed by atoms with Crippen molar-refractivity contribution in [1.82, 2.24) is 0 Å². The van der Waals surface area contributed by atoms with Crippen LogP contribution < -0.4 is 0 Å². The maximum Gasteiger partial charge on any atom is 0.336 e. The number of fused-ring (bicyclic) bond motifs is 4. The summed E-state index contributed by atoms with van der Waals surface area (Å²) in [5.41, 5.74) is 0.0582. The third-order valence-corrected chi connectivity index (χ3v) is 14.3. The number of esters is 1. The van der Waals surface area contributed by atoms with E-state index in [1.807, 2.05) is 19.1 Å². The van der Waals surface area contributed by atoms with E-state index in [4.69, 9.17) is 13.9 Å². The molecule has 2 N–H and O–H groups in total. The number of cyclic esters (lactones) is 1. The smallest absolute Gasteiger partial charge is 0.336 e. The highest BCUT2D eigenvalue weighted by molar-refractivity contribution is 7.99. The van der Waals surface area contributed by atoms with Gasteiger partial charge in [-0.2, -0.15) is 0 Å². The van der Waals surface area contributed by atoms with Crippen molar-refractivity contribution in [2.45, 2.75) is 108 Å². The maximum atomic E-state index is 14.1. The van der Waals surface area contributed by atoms with E-state index in [-0.39, 0.29) is 53.1 Å². The van der Waals surface area contributed by atoms with E-state index in [0.717, 1.165) is 43.4 Å². The van der Waals surface area contributed by atoms with E-state index >= 15 is 0 Å². The first-order valence-electron chi connectivity index (χ1n) is 15.6. The van der Waals surface area contributed by atoms with Crippen molar-refractivity contribution in [2.24, 2.45) is 40.4 Å². The van der Waals surface area contributed by atoms with Gasteiger partial charge in [0.05, 0.1) is 41.8 Å². The molecule has 8 heteroatoms. The lowest BCUT2D eigenvalue weighted by molar-refractivity contribution is -0.165. The highest BCUT2D eigenvalue weighted by atomic mass is 32.2. The van der Waals surface area contributed by atoms with Gasteiger partial charge < -0.3 is 24.1 Å². The zero-order valence-corrected chi connectivity index (χ0v) is 25.5. The number of hydrogen-bond acceptors (Lipinski definition) is 8. The zero-order chi connectivity index (χ0) is 28.9. The molecule has 1 aromatic heterocycles. The van der Waals surface area contributed by atoms with Crippen LogP contribution in [-0.2, 0) is 24.8 Å². The second kappa shape index (κ2) is 9.70. The normalized spacial score (nSPS) is 47.7. The molecule has 6 aliphatic rings. The number of carbonyl (C=O) groups excluding carboxylic acids is 2. The number of rotatable bonds is 6. The van der Waals surface area contributed by atoms with Gasteiger partial charge in [-0.1, -0.05) is 19.4 Å². The number of aliphatic hydroxyl groups is 2. The van der Waals surface area contributed by atoms with Gasteiger partial charge in [0.1, 0.15) is 23.2 Å². The minimum Gasteiger partial charge on any atom is -0.468 e. The Labute approximate surface area is 246 Å². The number of aliphatic hydroxyl groups excluding tert-OH is 2. The first-order chi connectivity index (χ1) is 19.6. The summed E-state index contributed by atoms with van der Waals surface area (Å²) in [5, 5.41) is 21.2. The summed E-state index contributed by atoms with van der Waals surface area (Å²) >= 11 is 1.61. The Hall–Kier alpha value is -1.61. The van der Waals surface area contributed by atoms with Crippen LogP contribution in [0.5, 0.6) is 0 Å². The molecule has 0 unspecified atom stereocenters. The second-order valence-electron chi connectivity index (χ2n) is 14.4. The first kappa shape index (κ1) is 28.2. The molecular formula is C33H44O7S. The Kier molecular flexibility index (Phi) is 6.67. The number of furan rings is 1. The summed E-state index contributed by atoms with van der Waals surface area (Å²) < 4.78 is 17.9. The predicted octanol–water partition coefficient (Wildman–Crippen LogP) is 5.08. The first-order valence-corrected chi connectivity index (χ1v) is 16.6. The second-order valence-corrected chi connectivity index (χ2v) is 15.6. The number of hydrogen-bond donors (Lipinski definition) is 2. The van der Waals surface area contributed by atoms with Crippen LogP contribution in [0.1, 0.15) is 78.4 Å². The van der Waals surface area contributed by atoms with Crippen molar-refractivity contribution in [1.29, 1.82) is 0 Å². The molecule has 1 aromatic rings. The maximum absolute atomic E-state index is 14.1. The summed E-state index contributed by atoms with van der Waals surface area (Å²) in [5.74, 6) is 3.16. The van der Waals surface area contributed by atoms with Gasteiger partial charge >= 0.3 is 5.97 Å². The van der Waals surface area contributed by atoms with Crippen molar-refractivity contribution in [3.05, 3.63) is 35.3 Å². The fourth-order valence-corrected chi connectivity index (χ4v) is 12.0. The summed E-state index contributed by atoms with van der Waals surface area (Å²) in [4.78, 5) is 26.7. The van der Waals surface area contributed by atoms with E-state index in [1.54, 1.807) is 18.0 Å². The van der Waals surface area contributed by atoms with E-state index < -0.39 is 17.1 Å². The zero-order valence-electron chi connectivity index (χ0n) is 24.6. The quantitative estimate of drug-likeness (QED) is 0.352. The molecular weight excluding hydrogens is 540 g/mol. The van der Waals surface area contributed by atoms with Gasteiger partial charge in [-0.25, -0.2) is 4.79 Å². The lowest BCUT2D eigenvalue weighted by Gasteiger charge is -2.59. The van der Waals surface area contributed by atoms with Gasteiger partial charge in [0, 0.05) is 18.1 Å². The molecule has 4 saturated carbocycles. The molecule has 4 aliphatic carbocycles. The fourth-order valence-electron chi connectivity index (χ4n) is 10.8. The number of carbonyl (C=O) groups is 2. The number of ether oxygens (including phenoxy) is 2. The summed E-state index contributed by atoms with van der Waals surface area (Å²) in [6.07, 6.45) is 6.99. The van der Waals surface area contributed by atoms with Crippen molar-refractivity contribution in [3.63, 3.8) is 0 Å². The van der Waals surface area contributed by atoms with Crippen LogP contribution in [0.15, 0.2) is 34.0 Å². The van der Waals surface area contributed by atoms with Crippen molar-refractivity contribution in [3.8, 4) is 0 Å². The average molecular weight is 585 g/mol. The van der Waals surface area contributed by atoms with Crippen molar-refractivity contribution in [2.75, 3.05) is 6.61 Å². The minimum absolute atomic E-state index is 0.0671. The van der Waals surface area contributed by atoms with Gasteiger partial charge in [-0.05, 0) is 93.1 Å². The number of Topliss-reactive ketones (excluding diaryl/α,β-unsaturated/α-hetero) is 1. The van der Waals surface area contributed by atoms with Crippen LogP contribution in [0.3, 0.4) is 0 Å². The van der Waals surface area contributed by atoms with Gasteiger partial charge in [0.2, 0.25) is 0 Å². The van der Waals surface area contributed by atoms with Crippen LogP contribution >= 0.6 is 11.8 Å². The van der Waals surface area contributed by atoms with Gasteiger partial charge in [-0.15, -0.1) is 11.8 Å². The molecule has 224 valence electrons. The molecule has 2 aliphatic heterocycles. The molecule has 7 nitrogen and oxygen atoms in total. The largest absolute Gasteiger partial charge is 0.468 e. The molecule has 1 spiro atoms. The number of thioether (sulfide) groups is 1.